The number of aldehydes is 1. The number of ether oxygens (including phenoxy) is 2. The zero-order chi connectivity index (χ0) is 34.0. The molecule has 3 heterocycles. The Morgan fingerprint density at radius 2 is 1.96 bits per heavy atom. The first kappa shape index (κ1) is 35.7. The fraction of sp³-hybridized carbons (Fsp3) is 0.514. The highest BCUT2D eigenvalue weighted by molar-refractivity contribution is 5.86. The molecule has 1 amide bonds. The van der Waals surface area contributed by atoms with Crippen LogP contribution in [-0.4, -0.2) is 66.9 Å². The Balaban J connectivity index is 0.000000223. The maximum absolute atomic E-state index is 12.1. The molecule has 1 aromatic carbocycles. The minimum absolute atomic E-state index is 0.142. The largest absolute Gasteiger partial charge is 0.492 e. The fourth-order valence-corrected chi connectivity index (χ4v) is 6.43. The molecular formula is C37H52N6O4. The van der Waals surface area contributed by atoms with E-state index in [-0.39, 0.29) is 11.9 Å². The van der Waals surface area contributed by atoms with Crippen LogP contribution in [0.3, 0.4) is 0 Å². The van der Waals surface area contributed by atoms with Gasteiger partial charge in [-0.25, -0.2) is 14.8 Å². The van der Waals surface area contributed by atoms with E-state index in [1.807, 2.05) is 56.9 Å². The number of pyridine rings is 1. The molecule has 2 aliphatic heterocycles. The molecule has 10 nitrogen and oxygen atoms in total. The summed E-state index contributed by atoms with van der Waals surface area (Å²) in [6.07, 6.45) is 14.2. The topological polar surface area (TPSA) is 131 Å². The minimum Gasteiger partial charge on any atom is -0.492 e. The van der Waals surface area contributed by atoms with E-state index in [2.05, 4.69) is 34.2 Å². The van der Waals surface area contributed by atoms with Crippen LogP contribution in [0.15, 0.2) is 53.9 Å². The van der Waals surface area contributed by atoms with Crippen LogP contribution in [-0.2, 0) is 17.7 Å². The van der Waals surface area contributed by atoms with Crippen molar-refractivity contribution in [2.24, 2.45) is 16.1 Å². The number of aromatic nitrogens is 1. The standard InChI is InChI=1S/C21H22N4O2.C16H30N2O2/c1-14(6-8-23-15(2)22)19-12-25-21(18-7-9-27-20(18)19)24-11-16-4-3-5-17(10-16)13-26;1-15(2,3)20-14(19)18-11-9-16(10-12-18)7-5-13(17-4)6-8-16/h3-6,8,10,12-13H,2,7,9,11,22H2,1H3,(H,24,25);13,17H,5-12H2,1-4H3/b14-6+,23-8-;. The molecule has 0 bridgehead atoms. The number of nitrogens with two attached hydrogens (primary N) is 1. The van der Waals surface area contributed by atoms with Gasteiger partial charge in [0, 0.05) is 61.2 Å². The van der Waals surface area contributed by atoms with Crippen LogP contribution in [0.2, 0.25) is 0 Å². The third-order valence-electron chi connectivity index (χ3n) is 9.19. The van der Waals surface area contributed by atoms with Crippen molar-refractivity contribution in [2.75, 3.05) is 32.1 Å². The number of fused-ring (bicyclic) bond motifs is 1. The summed E-state index contributed by atoms with van der Waals surface area (Å²) in [6, 6.07) is 8.19. The lowest BCUT2D eigenvalue weighted by molar-refractivity contribution is 0.00299. The van der Waals surface area contributed by atoms with Gasteiger partial charge < -0.3 is 30.7 Å². The maximum Gasteiger partial charge on any atom is 0.410 e. The second kappa shape index (κ2) is 16.1. The molecule has 0 radical (unpaired) electrons. The molecule has 3 aliphatic rings. The van der Waals surface area contributed by atoms with E-state index in [1.165, 1.54) is 25.7 Å². The zero-order valence-corrected chi connectivity index (χ0v) is 28.7. The van der Waals surface area contributed by atoms with Crippen molar-refractivity contribution in [3.63, 3.8) is 0 Å². The third kappa shape index (κ3) is 10.2. The summed E-state index contributed by atoms with van der Waals surface area (Å²) in [4.78, 5) is 33.4. The van der Waals surface area contributed by atoms with Crippen LogP contribution in [0, 0.1) is 5.41 Å². The number of allylic oxidation sites excluding steroid dienone is 2. The summed E-state index contributed by atoms with van der Waals surface area (Å²) in [7, 11) is 2.06. The first-order valence-corrected chi connectivity index (χ1v) is 16.7. The molecule has 47 heavy (non-hydrogen) atoms. The Morgan fingerprint density at radius 3 is 2.60 bits per heavy atom. The van der Waals surface area contributed by atoms with E-state index >= 15 is 0 Å². The number of aliphatic imine (C=N–C) groups is 1. The maximum atomic E-state index is 12.1. The number of piperidine rings is 1. The van der Waals surface area contributed by atoms with Crippen LogP contribution in [0.5, 0.6) is 5.75 Å². The second-order valence-corrected chi connectivity index (χ2v) is 13.8. The zero-order valence-electron chi connectivity index (χ0n) is 28.7. The van der Waals surface area contributed by atoms with E-state index in [0.717, 1.165) is 72.5 Å². The first-order valence-electron chi connectivity index (χ1n) is 16.7. The predicted octanol–water partition coefficient (Wildman–Crippen LogP) is 6.51. The van der Waals surface area contributed by atoms with Gasteiger partial charge in [0.25, 0.3) is 0 Å². The molecule has 2 aromatic rings. The Bertz CT molecular complexity index is 1460. The highest BCUT2D eigenvalue weighted by Crippen LogP contribution is 2.44. The molecule has 0 unspecified atom stereocenters. The van der Waals surface area contributed by atoms with E-state index in [4.69, 9.17) is 15.2 Å². The van der Waals surface area contributed by atoms with E-state index in [9.17, 15) is 9.59 Å². The summed E-state index contributed by atoms with van der Waals surface area (Å²) in [5.74, 6) is 1.92. The molecule has 1 saturated carbocycles. The molecule has 10 heteroatoms. The summed E-state index contributed by atoms with van der Waals surface area (Å²) >= 11 is 0. The smallest absolute Gasteiger partial charge is 0.410 e. The molecule has 1 aliphatic carbocycles. The Kier molecular flexibility index (Phi) is 12.2. The monoisotopic (exact) mass is 644 g/mol. The fourth-order valence-electron chi connectivity index (χ4n) is 6.43. The lowest BCUT2D eigenvalue weighted by atomic mass is 9.67. The molecule has 2 fully saturated rings. The highest BCUT2D eigenvalue weighted by atomic mass is 16.6. The van der Waals surface area contributed by atoms with Crippen molar-refractivity contribution in [1.82, 2.24) is 15.2 Å². The third-order valence-corrected chi connectivity index (χ3v) is 9.19. The van der Waals surface area contributed by atoms with Crippen molar-refractivity contribution in [3.05, 3.63) is 71.2 Å². The number of carbonyl (C=O) groups excluding carboxylic acids is 2. The predicted molar refractivity (Wildman–Crippen MR) is 189 cm³/mol. The number of rotatable bonds is 8. The number of anilines is 1. The van der Waals surface area contributed by atoms with Crippen molar-refractivity contribution in [2.45, 2.75) is 90.8 Å². The summed E-state index contributed by atoms with van der Waals surface area (Å²) in [5.41, 5.74) is 10.2. The molecule has 0 atom stereocenters. The SMILES string of the molecule is C=C(N)/N=C\C=C(/C)c1cnc(NCc2cccc(C=O)c2)c2c1OCC2.CNC1CCC2(CC1)CCN(C(=O)OC(C)(C)C)CC2. The number of hydrogen-bond acceptors (Lipinski definition) is 9. The normalized spacial score (nSPS) is 17.8. The average molecular weight is 645 g/mol. The van der Waals surface area contributed by atoms with E-state index < -0.39 is 5.60 Å². The van der Waals surface area contributed by atoms with Gasteiger partial charge in [0.1, 0.15) is 29.3 Å². The van der Waals surface area contributed by atoms with Crippen molar-refractivity contribution in [3.8, 4) is 5.75 Å². The van der Waals surface area contributed by atoms with Crippen LogP contribution in [0.1, 0.15) is 93.3 Å². The number of benzene rings is 1. The van der Waals surface area contributed by atoms with Gasteiger partial charge in [-0.2, -0.15) is 0 Å². The van der Waals surface area contributed by atoms with Gasteiger partial charge >= 0.3 is 6.09 Å². The van der Waals surface area contributed by atoms with Gasteiger partial charge in [0.15, 0.2) is 0 Å². The van der Waals surface area contributed by atoms with Crippen LogP contribution in [0.25, 0.3) is 5.57 Å². The molecule has 1 spiro atoms. The minimum atomic E-state index is -0.392. The van der Waals surface area contributed by atoms with Crippen LogP contribution < -0.4 is 21.1 Å². The van der Waals surface area contributed by atoms with Gasteiger partial charge in [-0.1, -0.05) is 24.8 Å². The average Bonchev–Trinajstić information content (AvgIpc) is 3.54. The summed E-state index contributed by atoms with van der Waals surface area (Å²) in [6.45, 7) is 14.2. The van der Waals surface area contributed by atoms with Gasteiger partial charge in [-0.3, -0.25) is 4.79 Å². The van der Waals surface area contributed by atoms with Crippen LogP contribution in [0.4, 0.5) is 10.6 Å². The van der Waals surface area contributed by atoms with Crippen LogP contribution >= 0.6 is 0 Å². The van der Waals surface area contributed by atoms with Gasteiger partial charge in [0.05, 0.1) is 6.61 Å². The van der Waals surface area contributed by atoms with Crippen molar-refractivity contribution in [1.29, 1.82) is 0 Å². The summed E-state index contributed by atoms with van der Waals surface area (Å²) in [5, 5.41) is 6.75. The number of likely N-dealkylation sites (tertiary alicyclic amines) is 1. The lowest BCUT2D eigenvalue weighted by Gasteiger charge is -2.46. The van der Waals surface area contributed by atoms with Gasteiger partial charge in [-0.15, -0.1) is 0 Å². The number of amides is 1. The number of hydrogen-bond donors (Lipinski definition) is 3. The first-order chi connectivity index (χ1) is 22.4. The number of carbonyl (C=O) groups is 2. The molecule has 1 saturated heterocycles. The number of nitrogens with one attached hydrogen (secondary N) is 2. The molecule has 1 aromatic heterocycles. The van der Waals surface area contributed by atoms with Crippen molar-refractivity contribution < 1.29 is 19.1 Å². The molecule has 4 N–H and O–H groups in total. The quantitative estimate of drug-likeness (QED) is 0.219. The highest BCUT2D eigenvalue weighted by Gasteiger charge is 2.39. The molecular weight excluding hydrogens is 592 g/mol. The lowest BCUT2D eigenvalue weighted by Crippen LogP contribution is -2.47. The molecule has 5 rings (SSSR count). The Hall–Kier alpha value is -4.18. The Labute approximate surface area is 279 Å². The van der Waals surface area contributed by atoms with E-state index in [1.54, 1.807) is 18.5 Å². The van der Waals surface area contributed by atoms with Gasteiger partial charge in [-0.05, 0) is 102 Å². The Morgan fingerprint density at radius 1 is 1.23 bits per heavy atom. The second-order valence-electron chi connectivity index (χ2n) is 13.8. The van der Waals surface area contributed by atoms with Crippen molar-refractivity contribution >= 4 is 30.0 Å². The number of nitrogens with zero attached hydrogens (tertiary/aromatic N) is 3. The van der Waals surface area contributed by atoms with Gasteiger partial charge in [0.2, 0.25) is 0 Å². The van der Waals surface area contributed by atoms with E-state index in [0.29, 0.717) is 30.2 Å². The molecule has 254 valence electrons. The summed E-state index contributed by atoms with van der Waals surface area (Å²) < 4.78 is 11.3.